The summed E-state index contributed by atoms with van der Waals surface area (Å²) in [6, 6.07) is 8.27. The molecule has 1 aromatic carbocycles. The van der Waals surface area contributed by atoms with Crippen LogP contribution in [0.25, 0.3) is 0 Å². The molecule has 1 aliphatic heterocycles. The largest absolute Gasteiger partial charge is 0.337 e. The van der Waals surface area contributed by atoms with E-state index >= 15 is 0 Å². The first-order valence-electron chi connectivity index (χ1n) is 7.37. The molecule has 0 spiro atoms. The lowest BCUT2D eigenvalue weighted by Crippen LogP contribution is -2.33. The molecule has 2 heterocycles. The zero-order valence-corrected chi connectivity index (χ0v) is 13.8. The van der Waals surface area contributed by atoms with E-state index in [1.54, 1.807) is 36.1 Å². The predicted molar refractivity (Wildman–Crippen MR) is 90.7 cm³/mol. The van der Waals surface area contributed by atoms with Crippen molar-refractivity contribution in [1.82, 2.24) is 9.88 Å². The highest BCUT2D eigenvalue weighted by Gasteiger charge is 2.22. The zero-order valence-electron chi connectivity index (χ0n) is 13.0. The molecule has 0 atom stereocenters. The van der Waals surface area contributed by atoms with Crippen LogP contribution in [0.1, 0.15) is 23.1 Å². The Morgan fingerprint density at radius 3 is 2.96 bits per heavy atom. The summed E-state index contributed by atoms with van der Waals surface area (Å²) in [5.74, 6) is 0.0404. The Balaban J connectivity index is 1.65. The van der Waals surface area contributed by atoms with E-state index in [4.69, 9.17) is 5.26 Å². The van der Waals surface area contributed by atoms with E-state index in [9.17, 15) is 9.59 Å². The average molecular weight is 341 g/mol. The van der Waals surface area contributed by atoms with Crippen molar-refractivity contribution in [3.05, 3.63) is 40.4 Å². The van der Waals surface area contributed by atoms with Crippen molar-refractivity contribution in [3.8, 4) is 6.07 Å². The molecular weight excluding hydrogens is 326 g/mol. The van der Waals surface area contributed by atoms with Gasteiger partial charge >= 0.3 is 6.03 Å². The maximum absolute atomic E-state index is 12.1. The van der Waals surface area contributed by atoms with Crippen LogP contribution in [0.4, 0.5) is 15.6 Å². The van der Waals surface area contributed by atoms with Crippen molar-refractivity contribution in [2.45, 2.75) is 19.9 Å². The first-order chi connectivity index (χ1) is 11.5. The Kier molecular flexibility index (Phi) is 4.44. The number of nitrogens with zero attached hydrogens (tertiary/aromatic N) is 3. The van der Waals surface area contributed by atoms with Gasteiger partial charge in [-0.3, -0.25) is 10.1 Å². The Labute approximate surface area is 142 Å². The molecule has 0 unspecified atom stereocenters. The normalized spacial score (nSPS) is 12.9. The van der Waals surface area contributed by atoms with E-state index in [0.29, 0.717) is 35.9 Å². The minimum atomic E-state index is -0.417. The molecule has 0 saturated heterocycles. The molecule has 0 bridgehead atoms. The molecule has 0 saturated carbocycles. The number of hydrogen-bond acceptors (Lipinski definition) is 5. The van der Waals surface area contributed by atoms with Gasteiger partial charge in [0, 0.05) is 30.5 Å². The average Bonchev–Trinajstić information content (AvgIpc) is 2.95. The van der Waals surface area contributed by atoms with Gasteiger partial charge in [-0.05, 0) is 18.2 Å². The molecule has 3 rings (SSSR count). The van der Waals surface area contributed by atoms with Crippen molar-refractivity contribution in [2.75, 3.05) is 17.2 Å². The molecule has 3 amide bonds. The van der Waals surface area contributed by atoms with Gasteiger partial charge in [-0.25, -0.2) is 9.78 Å². The highest BCUT2D eigenvalue weighted by Crippen LogP contribution is 2.28. The van der Waals surface area contributed by atoms with Gasteiger partial charge in [0.25, 0.3) is 0 Å². The third-order valence-electron chi connectivity index (χ3n) is 3.65. The molecule has 1 aliphatic rings. The molecule has 1 aromatic heterocycles. The fourth-order valence-electron chi connectivity index (χ4n) is 2.44. The molecule has 0 aliphatic carbocycles. The monoisotopic (exact) mass is 341 g/mol. The van der Waals surface area contributed by atoms with Gasteiger partial charge in [0.15, 0.2) is 5.13 Å². The fourth-order valence-corrected chi connectivity index (χ4v) is 3.46. The van der Waals surface area contributed by atoms with Crippen LogP contribution in [0.15, 0.2) is 24.3 Å². The van der Waals surface area contributed by atoms with Crippen molar-refractivity contribution in [2.24, 2.45) is 0 Å². The van der Waals surface area contributed by atoms with Gasteiger partial charge in [-0.2, -0.15) is 5.26 Å². The van der Waals surface area contributed by atoms with E-state index in [0.717, 1.165) is 10.6 Å². The van der Waals surface area contributed by atoms with Crippen molar-refractivity contribution in [1.29, 1.82) is 5.26 Å². The first-order valence-corrected chi connectivity index (χ1v) is 8.19. The van der Waals surface area contributed by atoms with Crippen molar-refractivity contribution in [3.63, 3.8) is 0 Å². The van der Waals surface area contributed by atoms with E-state index in [-0.39, 0.29) is 5.91 Å². The maximum atomic E-state index is 12.1. The zero-order chi connectivity index (χ0) is 17.1. The number of hydrogen-bond donors (Lipinski definition) is 2. The number of nitriles is 1. The summed E-state index contributed by atoms with van der Waals surface area (Å²) in [4.78, 5) is 30.7. The SMILES string of the molecule is CC(=O)N1CCc2nc(NC(=O)Nc3cccc(C#N)c3)sc2C1. The second-order valence-corrected chi connectivity index (χ2v) is 6.43. The van der Waals surface area contributed by atoms with Crippen LogP contribution in [0.3, 0.4) is 0 Å². The summed E-state index contributed by atoms with van der Waals surface area (Å²) < 4.78 is 0. The Morgan fingerprint density at radius 2 is 2.21 bits per heavy atom. The number of nitrogens with one attached hydrogen (secondary N) is 2. The number of thiazole rings is 1. The summed E-state index contributed by atoms with van der Waals surface area (Å²) in [6.07, 6.45) is 0.693. The third-order valence-corrected chi connectivity index (χ3v) is 4.64. The number of benzene rings is 1. The number of carbonyl (C=O) groups is 2. The maximum Gasteiger partial charge on any atom is 0.325 e. The van der Waals surface area contributed by atoms with Gasteiger partial charge in [-0.15, -0.1) is 0 Å². The van der Waals surface area contributed by atoms with Gasteiger partial charge < -0.3 is 10.2 Å². The lowest BCUT2D eigenvalue weighted by molar-refractivity contribution is -0.129. The highest BCUT2D eigenvalue weighted by molar-refractivity contribution is 7.15. The van der Waals surface area contributed by atoms with Gasteiger partial charge in [0.2, 0.25) is 5.91 Å². The Bertz CT molecular complexity index is 839. The Morgan fingerprint density at radius 1 is 1.38 bits per heavy atom. The molecule has 2 N–H and O–H groups in total. The molecule has 0 radical (unpaired) electrons. The number of carbonyl (C=O) groups excluding carboxylic acids is 2. The number of amides is 3. The first kappa shape index (κ1) is 16.0. The predicted octanol–water partition coefficient (Wildman–Crippen LogP) is 2.56. The Hall–Kier alpha value is -2.92. The second kappa shape index (κ2) is 6.68. The summed E-state index contributed by atoms with van der Waals surface area (Å²) in [7, 11) is 0. The third kappa shape index (κ3) is 3.52. The molecular formula is C16H15N5O2S. The molecule has 8 heteroatoms. The van der Waals surface area contributed by atoms with Crippen LogP contribution in [0, 0.1) is 11.3 Å². The number of urea groups is 1. The van der Waals surface area contributed by atoms with Crippen LogP contribution in [-0.2, 0) is 17.8 Å². The second-order valence-electron chi connectivity index (χ2n) is 5.35. The van der Waals surface area contributed by atoms with E-state index < -0.39 is 6.03 Å². The summed E-state index contributed by atoms with van der Waals surface area (Å²) >= 11 is 1.37. The standard InChI is InChI=1S/C16H15N5O2S/c1-10(22)21-6-5-13-14(9-21)24-16(19-13)20-15(23)18-12-4-2-3-11(7-12)8-17/h2-4,7H,5-6,9H2,1H3,(H2,18,19,20,23). The van der Waals surface area contributed by atoms with Crippen molar-refractivity contribution < 1.29 is 9.59 Å². The van der Waals surface area contributed by atoms with Gasteiger partial charge in [0.1, 0.15) is 0 Å². The molecule has 24 heavy (non-hydrogen) atoms. The lowest BCUT2D eigenvalue weighted by atomic mass is 10.2. The van der Waals surface area contributed by atoms with Crippen LogP contribution in [0.5, 0.6) is 0 Å². The molecule has 7 nitrogen and oxygen atoms in total. The minimum absolute atomic E-state index is 0.0404. The van der Waals surface area contributed by atoms with Crippen LogP contribution >= 0.6 is 11.3 Å². The van der Waals surface area contributed by atoms with Crippen LogP contribution in [0.2, 0.25) is 0 Å². The topological polar surface area (TPSA) is 98.1 Å². The van der Waals surface area contributed by atoms with Gasteiger partial charge in [0.05, 0.1) is 23.9 Å². The molecule has 2 aromatic rings. The van der Waals surface area contributed by atoms with E-state index in [1.165, 1.54) is 11.3 Å². The van der Waals surface area contributed by atoms with Crippen LogP contribution in [-0.4, -0.2) is 28.4 Å². The highest BCUT2D eigenvalue weighted by atomic mass is 32.1. The molecule has 122 valence electrons. The van der Waals surface area contributed by atoms with Crippen LogP contribution < -0.4 is 10.6 Å². The number of fused-ring (bicyclic) bond motifs is 1. The number of aromatic nitrogens is 1. The van der Waals surface area contributed by atoms with E-state index in [2.05, 4.69) is 15.6 Å². The summed E-state index contributed by atoms with van der Waals surface area (Å²) in [5, 5.41) is 14.7. The van der Waals surface area contributed by atoms with E-state index in [1.807, 2.05) is 6.07 Å². The fraction of sp³-hybridized carbons (Fsp3) is 0.250. The summed E-state index contributed by atoms with van der Waals surface area (Å²) in [6.45, 7) is 2.74. The lowest BCUT2D eigenvalue weighted by Gasteiger charge is -2.24. The number of anilines is 2. The number of rotatable bonds is 2. The molecule has 0 fully saturated rings. The quantitative estimate of drug-likeness (QED) is 0.877. The summed E-state index contributed by atoms with van der Waals surface area (Å²) in [5.41, 5.74) is 1.94. The van der Waals surface area contributed by atoms with Gasteiger partial charge in [-0.1, -0.05) is 17.4 Å². The van der Waals surface area contributed by atoms with Crippen molar-refractivity contribution >= 4 is 34.1 Å². The smallest absolute Gasteiger partial charge is 0.325 e. The minimum Gasteiger partial charge on any atom is -0.337 e.